The number of aromatic nitrogens is 3. The molecule has 1 amide bonds. The second-order valence-electron chi connectivity index (χ2n) is 7.51. The Bertz CT molecular complexity index is 1140. The Morgan fingerprint density at radius 3 is 2.80 bits per heavy atom. The molecule has 0 saturated carbocycles. The molecule has 1 unspecified atom stereocenters. The van der Waals surface area contributed by atoms with E-state index in [9.17, 15) is 9.59 Å². The fourth-order valence-corrected chi connectivity index (χ4v) is 4.53. The highest BCUT2D eigenvalue weighted by atomic mass is 32.1. The first-order valence-corrected chi connectivity index (χ1v) is 10.8. The summed E-state index contributed by atoms with van der Waals surface area (Å²) in [5.41, 5.74) is 1.01. The van der Waals surface area contributed by atoms with E-state index in [0.717, 1.165) is 27.3 Å². The van der Waals surface area contributed by atoms with Gasteiger partial charge in [-0.1, -0.05) is 12.1 Å². The van der Waals surface area contributed by atoms with Crippen molar-refractivity contribution in [2.75, 3.05) is 11.9 Å². The normalized spacial score (nSPS) is 18.2. The number of hydrogen-bond acceptors (Lipinski definition) is 7. The number of rotatable bonds is 6. The van der Waals surface area contributed by atoms with Crippen LogP contribution in [0.2, 0.25) is 0 Å². The van der Waals surface area contributed by atoms with Crippen molar-refractivity contribution in [1.29, 1.82) is 0 Å². The summed E-state index contributed by atoms with van der Waals surface area (Å²) < 4.78 is 12.5. The maximum Gasteiger partial charge on any atom is 0.279 e. The van der Waals surface area contributed by atoms with E-state index in [1.54, 1.807) is 24.3 Å². The first-order valence-electron chi connectivity index (χ1n) is 9.97. The molecule has 0 spiro atoms. The second kappa shape index (κ2) is 8.16. The number of ether oxygens (including phenoxy) is 2. The fraction of sp³-hybridized carbons (Fsp3) is 0.429. The number of nitrogens with one attached hydrogen (secondary N) is 1. The van der Waals surface area contributed by atoms with Crippen LogP contribution in [0.4, 0.5) is 5.69 Å². The summed E-state index contributed by atoms with van der Waals surface area (Å²) in [5, 5.41) is 11.5. The smallest absolute Gasteiger partial charge is 0.279 e. The summed E-state index contributed by atoms with van der Waals surface area (Å²) in [6, 6.07) is 7.06. The lowest BCUT2D eigenvalue weighted by atomic mass is 9.90. The molecule has 2 aromatic heterocycles. The highest BCUT2D eigenvalue weighted by Gasteiger charge is 2.33. The molecule has 1 aliphatic heterocycles. The van der Waals surface area contributed by atoms with Crippen LogP contribution in [-0.4, -0.2) is 33.1 Å². The number of benzene rings is 1. The fourth-order valence-electron chi connectivity index (χ4n) is 3.49. The highest BCUT2D eigenvalue weighted by molar-refractivity contribution is 7.18. The van der Waals surface area contributed by atoms with Gasteiger partial charge in [0.15, 0.2) is 4.83 Å². The predicted molar refractivity (Wildman–Crippen MR) is 115 cm³/mol. The van der Waals surface area contributed by atoms with Crippen molar-refractivity contribution in [1.82, 2.24) is 15.0 Å². The lowest BCUT2D eigenvalue weighted by Crippen LogP contribution is -2.35. The molecule has 0 saturated heterocycles. The van der Waals surface area contributed by atoms with E-state index in [0.29, 0.717) is 35.5 Å². The van der Waals surface area contributed by atoms with Gasteiger partial charge in [-0.15, -0.1) is 16.4 Å². The van der Waals surface area contributed by atoms with Gasteiger partial charge in [-0.05, 0) is 50.1 Å². The number of fused-ring (bicyclic) bond motifs is 3. The summed E-state index contributed by atoms with van der Waals surface area (Å²) in [6.45, 7) is 6.87. The number of amides is 1. The number of thiophene rings is 1. The summed E-state index contributed by atoms with van der Waals surface area (Å²) in [6.07, 6.45) is 1.50. The van der Waals surface area contributed by atoms with E-state index in [-0.39, 0.29) is 23.6 Å². The van der Waals surface area contributed by atoms with Crippen LogP contribution in [0.1, 0.15) is 37.6 Å². The Labute approximate surface area is 177 Å². The molecular formula is C21H24N4O4S. The molecule has 0 aliphatic carbocycles. The van der Waals surface area contributed by atoms with Gasteiger partial charge in [0.1, 0.15) is 12.3 Å². The van der Waals surface area contributed by atoms with Crippen molar-refractivity contribution in [3.8, 4) is 5.75 Å². The molecule has 158 valence electrons. The van der Waals surface area contributed by atoms with E-state index >= 15 is 0 Å². The quantitative estimate of drug-likeness (QED) is 0.648. The number of nitrogens with zero attached hydrogens (tertiary/aromatic N) is 3. The van der Waals surface area contributed by atoms with Crippen molar-refractivity contribution >= 4 is 33.1 Å². The number of carbonyl (C=O) groups excluding carboxylic acids is 1. The predicted octanol–water partition coefficient (Wildman–Crippen LogP) is 3.13. The van der Waals surface area contributed by atoms with Crippen LogP contribution in [0, 0.1) is 0 Å². The van der Waals surface area contributed by atoms with Crippen LogP contribution in [0.3, 0.4) is 0 Å². The minimum atomic E-state index is -0.347. The van der Waals surface area contributed by atoms with Crippen molar-refractivity contribution in [2.45, 2.75) is 52.4 Å². The standard InChI is InChI=1S/C21H24N4O4S/c1-4-21(3)10-15-16(12-29-21)30-19-18(15)20(27)25(24-23-19)11-17(26)22-13-6-8-14(9-7-13)28-5-2/h6-9H,4-5,10-12H2,1-3H3,(H,22,26). The zero-order chi connectivity index (χ0) is 21.3. The third-order valence-corrected chi connectivity index (χ3v) is 6.45. The monoisotopic (exact) mass is 428 g/mol. The molecule has 3 aromatic rings. The van der Waals surface area contributed by atoms with Crippen LogP contribution in [0.25, 0.3) is 10.2 Å². The van der Waals surface area contributed by atoms with Crippen molar-refractivity contribution in [3.63, 3.8) is 0 Å². The number of hydrogen-bond donors (Lipinski definition) is 1. The van der Waals surface area contributed by atoms with Gasteiger partial charge in [0.2, 0.25) is 5.91 Å². The van der Waals surface area contributed by atoms with E-state index < -0.39 is 0 Å². The Balaban J connectivity index is 1.56. The van der Waals surface area contributed by atoms with Gasteiger partial charge in [0.25, 0.3) is 5.56 Å². The van der Waals surface area contributed by atoms with Crippen molar-refractivity contribution < 1.29 is 14.3 Å². The van der Waals surface area contributed by atoms with Crippen LogP contribution in [0.5, 0.6) is 5.75 Å². The lowest BCUT2D eigenvalue weighted by Gasteiger charge is -2.32. The minimum Gasteiger partial charge on any atom is -0.494 e. The molecule has 4 rings (SSSR count). The van der Waals surface area contributed by atoms with Crippen LogP contribution >= 0.6 is 11.3 Å². The van der Waals surface area contributed by atoms with Gasteiger partial charge in [0.05, 0.1) is 24.2 Å². The zero-order valence-corrected chi connectivity index (χ0v) is 18.0. The van der Waals surface area contributed by atoms with E-state index in [1.165, 1.54) is 11.3 Å². The molecule has 0 fully saturated rings. The van der Waals surface area contributed by atoms with Crippen molar-refractivity contribution in [3.05, 3.63) is 45.1 Å². The third kappa shape index (κ3) is 3.95. The maximum absolute atomic E-state index is 13.1. The molecule has 8 nitrogen and oxygen atoms in total. The maximum atomic E-state index is 13.1. The molecule has 30 heavy (non-hydrogen) atoms. The van der Waals surface area contributed by atoms with Gasteiger partial charge in [-0.3, -0.25) is 9.59 Å². The average Bonchev–Trinajstić information content (AvgIpc) is 3.10. The minimum absolute atomic E-state index is 0.207. The zero-order valence-electron chi connectivity index (χ0n) is 17.2. The molecule has 1 atom stereocenters. The third-order valence-electron chi connectivity index (χ3n) is 5.36. The number of carbonyl (C=O) groups is 1. The molecule has 1 N–H and O–H groups in total. The molecule has 0 bridgehead atoms. The average molecular weight is 429 g/mol. The van der Waals surface area contributed by atoms with Crippen molar-refractivity contribution in [2.24, 2.45) is 0 Å². The second-order valence-corrected chi connectivity index (χ2v) is 8.59. The lowest BCUT2D eigenvalue weighted by molar-refractivity contribution is -0.117. The number of anilines is 1. The van der Waals surface area contributed by atoms with Gasteiger partial charge >= 0.3 is 0 Å². The molecule has 0 radical (unpaired) electrons. The van der Waals surface area contributed by atoms with Gasteiger partial charge in [-0.2, -0.15) is 0 Å². The van der Waals surface area contributed by atoms with Crippen LogP contribution in [0.15, 0.2) is 29.1 Å². The van der Waals surface area contributed by atoms with E-state index in [1.807, 2.05) is 6.92 Å². The summed E-state index contributed by atoms with van der Waals surface area (Å²) in [5.74, 6) is 0.383. The van der Waals surface area contributed by atoms with Crippen LogP contribution in [-0.2, 0) is 29.1 Å². The summed E-state index contributed by atoms with van der Waals surface area (Å²) in [7, 11) is 0. The molecule has 3 heterocycles. The Morgan fingerprint density at radius 2 is 2.10 bits per heavy atom. The van der Waals surface area contributed by atoms with E-state index in [4.69, 9.17) is 9.47 Å². The summed E-state index contributed by atoms with van der Waals surface area (Å²) in [4.78, 5) is 27.2. The Morgan fingerprint density at radius 1 is 1.33 bits per heavy atom. The molecule has 1 aliphatic rings. The molecule has 1 aromatic carbocycles. The topological polar surface area (TPSA) is 95.3 Å². The SMILES string of the molecule is CCOc1ccc(NC(=O)Cn2nnc3sc4c(c3c2=O)CC(C)(CC)OC4)cc1. The van der Waals surface area contributed by atoms with Gasteiger partial charge in [0, 0.05) is 17.0 Å². The molecular weight excluding hydrogens is 404 g/mol. The Hall–Kier alpha value is -2.78. The van der Waals surface area contributed by atoms with Gasteiger partial charge in [-0.25, -0.2) is 4.68 Å². The molecule has 9 heteroatoms. The summed E-state index contributed by atoms with van der Waals surface area (Å²) >= 11 is 1.44. The highest BCUT2D eigenvalue weighted by Crippen LogP contribution is 2.37. The first kappa shape index (κ1) is 20.5. The van der Waals surface area contributed by atoms with Gasteiger partial charge < -0.3 is 14.8 Å². The largest absolute Gasteiger partial charge is 0.494 e. The Kier molecular flexibility index (Phi) is 5.57. The van der Waals surface area contributed by atoms with Crippen LogP contribution < -0.4 is 15.6 Å². The van der Waals surface area contributed by atoms with E-state index in [2.05, 4.69) is 29.5 Å². The first-order chi connectivity index (χ1) is 14.4.